The normalized spacial score (nSPS) is 10.9. The summed E-state index contributed by atoms with van der Waals surface area (Å²) < 4.78 is 0. The van der Waals surface area contributed by atoms with Gasteiger partial charge >= 0.3 is 0 Å². The van der Waals surface area contributed by atoms with Crippen LogP contribution in [0.25, 0.3) is 22.3 Å². The van der Waals surface area contributed by atoms with Crippen LogP contribution in [0, 0.1) is 6.92 Å². The number of aryl methyl sites for hydroxylation is 1. The molecule has 0 bridgehead atoms. The van der Waals surface area contributed by atoms with Crippen LogP contribution in [-0.4, -0.2) is 0 Å². The van der Waals surface area contributed by atoms with Gasteiger partial charge in [0.15, 0.2) is 0 Å². The van der Waals surface area contributed by atoms with Gasteiger partial charge in [-0.1, -0.05) is 86.1 Å². The molecule has 0 aliphatic carbocycles. The molecule has 3 aromatic rings. The zero-order chi connectivity index (χ0) is 15.5. The minimum absolute atomic E-state index is 0.516. The molecular weight excluding hydrogens is 264 g/mol. The Labute approximate surface area is 133 Å². The minimum Gasteiger partial charge on any atom is -0.0622 e. The molecular formula is C22H22. The average Bonchev–Trinajstić information content (AvgIpc) is 2.55. The van der Waals surface area contributed by atoms with E-state index in [9.17, 15) is 0 Å². The maximum atomic E-state index is 2.33. The number of benzene rings is 3. The fraction of sp³-hybridized carbons (Fsp3) is 0.182. The van der Waals surface area contributed by atoms with Gasteiger partial charge in [0.25, 0.3) is 0 Å². The average molecular weight is 286 g/mol. The molecule has 0 amide bonds. The van der Waals surface area contributed by atoms with Crippen LogP contribution in [0.15, 0.2) is 72.8 Å². The second-order valence-electron chi connectivity index (χ2n) is 6.19. The summed E-state index contributed by atoms with van der Waals surface area (Å²) in [5, 5.41) is 0. The van der Waals surface area contributed by atoms with Gasteiger partial charge in [-0.2, -0.15) is 0 Å². The van der Waals surface area contributed by atoms with Gasteiger partial charge in [0.1, 0.15) is 0 Å². The smallest absolute Gasteiger partial charge is 0.0143 e. The first-order valence-corrected chi connectivity index (χ1v) is 7.91. The molecule has 22 heavy (non-hydrogen) atoms. The Balaban J connectivity index is 2.16. The maximum Gasteiger partial charge on any atom is -0.0143 e. The van der Waals surface area contributed by atoms with E-state index >= 15 is 0 Å². The lowest BCUT2D eigenvalue weighted by Gasteiger charge is -2.15. The van der Waals surface area contributed by atoms with E-state index in [0.29, 0.717) is 5.92 Å². The Hall–Kier alpha value is -2.34. The van der Waals surface area contributed by atoms with E-state index in [1.54, 1.807) is 0 Å². The molecule has 0 aliphatic rings. The van der Waals surface area contributed by atoms with Crippen molar-refractivity contribution < 1.29 is 0 Å². The van der Waals surface area contributed by atoms with Crippen LogP contribution in [0.4, 0.5) is 0 Å². The summed E-state index contributed by atoms with van der Waals surface area (Å²) in [6, 6.07) is 26.3. The minimum atomic E-state index is 0.516. The predicted octanol–water partition coefficient (Wildman–Crippen LogP) is 6.45. The first-order valence-electron chi connectivity index (χ1n) is 7.91. The molecule has 0 atom stereocenters. The number of rotatable bonds is 3. The molecule has 0 N–H and O–H groups in total. The van der Waals surface area contributed by atoms with E-state index in [2.05, 4.69) is 93.6 Å². The number of hydrogen-bond acceptors (Lipinski definition) is 0. The third-order valence-electron chi connectivity index (χ3n) is 4.11. The molecule has 3 aromatic carbocycles. The van der Waals surface area contributed by atoms with Crippen molar-refractivity contribution in [2.45, 2.75) is 26.7 Å². The summed E-state index contributed by atoms with van der Waals surface area (Å²) in [6.45, 7) is 6.66. The van der Waals surface area contributed by atoms with Crippen LogP contribution in [0.5, 0.6) is 0 Å². The van der Waals surface area contributed by atoms with E-state index in [4.69, 9.17) is 0 Å². The molecule has 0 spiro atoms. The molecule has 0 unspecified atom stereocenters. The van der Waals surface area contributed by atoms with Gasteiger partial charge in [-0.15, -0.1) is 0 Å². The summed E-state index contributed by atoms with van der Waals surface area (Å²) in [6.07, 6.45) is 0. The van der Waals surface area contributed by atoms with Crippen LogP contribution in [0.2, 0.25) is 0 Å². The summed E-state index contributed by atoms with van der Waals surface area (Å²) >= 11 is 0. The Bertz CT molecular complexity index is 767. The molecule has 0 radical (unpaired) electrons. The highest BCUT2D eigenvalue weighted by atomic mass is 14.1. The van der Waals surface area contributed by atoms with Crippen LogP contribution in [-0.2, 0) is 0 Å². The SMILES string of the molecule is Cc1cccc(-c2ccc(C(C)C)c(-c3ccccc3)c2)c1. The third kappa shape index (κ3) is 2.96. The molecule has 110 valence electrons. The van der Waals surface area contributed by atoms with Crippen molar-refractivity contribution in [2.75, 3.05) is 0 Å². The van der Waals surface area contributed by atoms with Crippen molar-refractivity contribution >= 4 is 0 Å². The third-order valence-corrected chi connectivity index (χ3v) is 4.11. The standard InChI is InChI=1S/C22H22/c1-16(2)21-13-12-20(19-11-7-8-17(3)14-19)15-22(21)18-9-5-4-6-10-18/h4-16H,1-3H3. The maximum absolute atomic E-state index is 2.33. The van der Waals surface area contributed by atoms with Crippen molar-refractivity contribution in [3.05, 3.63) is 83.9 Å². The Morgan fingerprint density at radius 2 is 1.32 bits per heavy atom. The second-order valence-corrected chi connectivity index (χ2v) is 6.19. The first kappa shape index (κ1) is 14.6. The molecule has 0 heterocycles. The molecule has 0 heteroatoms. The van der Waals surface area contributed by atoms with E-state index < -0.39 is 0 Å². The lowest BCUT2D eigenvalue weighted by Crippen LogP contribution is -1.93. The molecule has 0 saturated carbocycles. The topological polar surface area (TPSA) is 0 Å². The van der Waals surface area contributed by atoms with Crippen LogP contribution < -0.4 is 0 Å². The zero-order valence-electron chi connectivity index (χ0n) is 13.5. The highest BCUT2D eigenvalue weighted by Gasteiger charge is 2.10. The molecule has 0 aromatic heterocycles. The lowest BCUT2D eigenvalue weighted by atomic mass is 9.89. The highest BCUT2D eigenvalue weighted by molar-refractivity contribution is 5.76. The molecule has 0 nitrogen and oxygen atoms in total. The zero-order valence-corrected chi connectivity index (χ0v) is 13.5. The van der Waals surface area contributed by atoms with E-state index in [1.165, 1.54) is 33.4 Å². The summed E-state index contributed by atoms with van der Waals surface area (Å²) in [4.78, 5) is 0. The van der Waals surface area contributed by atoms with Crippen molar-refractivity contribution in [3.8, 4) is 22.3 Å². The quantitative estimate of drug-likeness (QED) is 0.519. The largest absolute Gasteiger partial charge is 0.0622 e. The summed E-state index contributed by atoms with van der Waals surface area (Å²) in [5.74, 6) is 0.516. The van der Waals surface area contributed by atoms with Crippen molar-refractivity contribution in [2.24, 2.45) is 0 Å². The monoisotopic (exact) mass is 286 g/mol. The van der Waals surface area contributed by atoms with Crippen LogP contribution in [0.3, 0.4) is 0 Å². The van der Waals surface area contributed by atoms with Gasteiger partial charge in [0.2, 0.25) is 0 Å². The van der Waals surface area contributed by atoms with Gasteiger partial charge < -0.3 is 0 Å². The van der Waals surface area contributed by atoms with Gasteiger partial charge in [-0.3, -0.25) is 0 Å². The van der Waals surface area contributed by atoms with Crippen molar-refractivity contribution in [1.29, 1.82) is 0 Å². The van der Waals surface area contributed by atoms with Gasteiger partial charge in [0, 0.05) is 0 Å². The van der Waals surface area contributed by atoms with E-state index in [0.717, 1.165) is 0 Å². The van der Waals surface area contributed by atoms with Crippen molar-refractivity contribution in [3.63, 3.8) is 0 Å². The van der Waals surface area contributed by atoms with E-state index in [-0.39, 0.29) is 0 Å². The molecule has 0 saturated heterocycles. The highest BCUT2D eigenvalue weighted by Crippen LogP contribution is 2.33. The van der Waals surface area contributed by atoms with Crippen LogP contribution >= 0.6 is 0 Å². The van der Waals surface area contributed by atoms with Crippen LogP contribution in [0.1, 0.15) is 30.9 Å². The first-order chi connectivity index (χ1) is 10.6. The van der Waals surface area contributed by atoms with E-state index in [1.807, 2.05) is 0 Å². The molecule has 0 aliphatic heterocycles. The Kier molecular flexibility index (Phi) is 4.11. The summed E-state index contributed by atoms with van der Waals surface area (Å²) in [5.41, 5.74) is 7.91. The Morgan fingerprint density at radius 1 is 0.636 bits per heavy atom. The molecule has 3 rings (SSSR count). The number of hydrogen-bond donors (Lipinski definition) is 0. The molecule has 0 fully saturated rings. The Morgan fingerprint density at radius 3 is 2.00 bits per heavy atom. The van der Waals surface area contributed by atoms with Gasteiger partial charge in [0.05, 0.1) is 0 Å². The lowest BCUT2D eigenvalue weighted by molar-refractivity contribution is 0.869. The fourth-order valence-electron chi connectivity index (χ4n) is 2.93. The van der Waals surface area contributed by atoms with Gasteiger partial charge in [-0.25, -0.2) is 0 Å². The second kappa shape index (κ2) is 6.19. The van der Waals surface area contributed by atoms with Crippen molar-refractivity contribution in [1.82, 2.24) is 0 Å². The van der Waals surface area contributed by atoms with Gasteiger partial charge in [-0.05, 0) is 46.7 Å². The summed E-state index contributed by atoms with van der Waals surface area (Å²) in [7, 11) is 0. The fourth-order valence-corrected chi connectivity index (χ4v) is 2.93. The predicted molar refractivity (Wildman–Crippen MR) is 96.1 cm³/mol.